The summed E-state index contributed by atoms with van der Waals surface area (Å²) < 4.78 is 4.59. The second kappa shape index (κ2) is 19.8. The van der Waals surface area contributed by atoms with E-state index in [1.165, 1.54) is 20.8 Å². The predicted molar refractivity (Wildman–Crippen MR) is 142 cm³/mol. The summed E-state index contributed by atoms with van der Waals surface area (Å²) in [5.74, 6) is -5.58. The summed E-state index contributed by atoms with van der Waals surface area (Å²) in [7, 11) is 1.00. The zero-order chi connectivity index (χ0) is 32.4. The van der Waals surface area contributed by atoms with Crippen LogP contribution in [-0.2, 0) is 47.9 Å². The van der Waals surface area contributed by atoms with Crippen LogP contribution in [0.5, 0.6) is 0 Å². The van der Waals surface area contributed by atoms with E-state index in [4.69, 9.17) is 10.8 Å². The van der Waals surface area contributed by atoms with Crippen molar-refractivity contribution in [3.63, 3.8) is 0 Å². The number of carbonyl (C=O) groups excluding carboxylic acids is 8. The van der Waals surface area contributed by atoms with Crippen molar-refractivity contribution < 1.29 is 53.0 Å². The molecular formula is C23H38N8O11. The fourth-order valence-electron chi connectivity index (χ4n) is 3.02. The van der Waals surface area contributed by atoms with Crippen LogP contribution in [0.3, 0.4) is 0 Å². The van der Waals surface area contributed by atoms with Crippen molar-refractivity contribution in [3.05, 3.63) is 0 Å². The second-order valence-corrected chi connectivity index (χ2v) is 8.94. The van der Waals surface area contributed by atoms with Gasteiger partial charge in [-0.3, -0.25) is 40.4 Å². The molecule has 0 aliphatic carbocycles. The topological polar surface area (TPSA) is 293 Å². The minimum atomic E-state index is -1.85. The number of amides is 3. The van der Waals surface area contributed by atoms with E-state index in [0.29, 0.717) is 18.9 Å². The molecule has 0 aliphatic rings. The third kappa shape index (κ3) is 14.5. The number of aldehydes is 4. The Morgan fingerprint density at radius 2 is 1.12 bits per heavy atom. The highest BCUT2D eigenvalue weighted by Gasteiger charge is 2.33. The first-order valence-corrected chi connectivity index (χ1v) is 12.5. The van der Waals surface area contributed by atoms with Gasteiger partial charge in [-0.15, -0.1) is 0 Å². The Morgan fingerprint density at radius 1 is 0.690 bits per heavy atom. The number of aliphatic carboxylic acids is 1. The van der Waals surface area contributed by atoms with Crippen molar-refractivity contribution in [2.45, 2.75) is 82.4 Å². The SMILES string of the molecule is COC(=O)[C@H](NC(=O)[C@@H](NC(=O)[C@H](NC(=O)[C@@H](N)N[C@@H](C)C=O)N[C@@H](C)C=O)N[C@@H](C=O)CCC(=O)O)N[C@@H](C)C=O. The molecular weight excluding hydrogens is 564 g/mol. The largest absolute Gasteiger partial charge is 0.481 e. The van der Waals surface area contributed by atoms with Gasteiger partial charge >= 0.3 is 11.9 Å². The summed E-state index contributed by atoms with van der Waals surface area (Å²) in [6.07, 6.45) is -5.88. The minimum absolute atomic E-state index is 0.282. The third-order valence-corrected chi connectivity index (χ3v) is 5.23. The van der Waals surface area contributed by atoms with Crippen LogP contribution in [0.2, 0.25) is 0 Å². The lowest BCUT2D eigenvalue weighted by Crippen LogP contribution is -2.67. The number of ether oxygens (including phenoxy) is 1. The van der Waals surface area contributed by atoms with Crippen molar-refractivity contribution in [3.8, 4) is 0 Å². The third-order valence-electron chi connectivity index (χ3n) is 5.23. The molecule has 19 nitrogen and oxygen atoms in total. The van der Waals surface area contributed by atoms with Crippen LogP contribution in [0.4, 0.5) is 0 Å². The van der Waals surface area contributed by atoms with E-state index in [9.17, 15) is 43.2 Å². The van der Waals surface area contributed by atoms with Gasteiger partial charge in [-0.05, 0) is 27.2 Å². The molecule has 0 unspecified atom stereocenters. The summed E-state index contributed by atoms with van der Waals surface area (Å²) in [6.45, 7) is 4.11. The summed E-state index contributed by atoms with van der Waals surface area (Å²) in [5, 5.41) is 25.4. The Labute approximate surface area is 240 Å². The van der Waals surface area contributed by atoms with Gasteiger partial charge in [-0.2, -0.15) is 0 Å². The smallest absolute Gasteiger partial charge is 0.343 e. The van der Waals surface area contributed by atoms with Crippen LogP contribution in [0.1, 0.15) is 33.6 Å². The highest BCUT2D eigenvalue weighted by Crippen LogP contribution is 1.99. The van der Waals surface area contributed by atoms with Crippen molar-refractivity contribution in [1.82, 2.24) is 37.2 Å². The maximum Gasteiger partial charge on any atom is 0.343 e. The summed E-state index contributed by atoms with van der Waals surface area (Å²) in [4.78, 5) is 107. The molecule has 0 rings (SSSR count). The van der Waals surface area contributed by atoms with E-state index in [-0.39, 0.29) is 12.7 Å². The summed E-state index contributed by atoms with van der Waals surface area (Å²) in [6, 6.07) is -4.09. The van der Waals surface area contributed by atoms with Crippen molar-refractivity contribution >= 4 is 54.8 Å². The monoisotopic (exact) mass is 602 g/mol. The number of nitrogens with one attached hydrogen (secondary N) is 7. The molecule has 8 atom stereocenters. The van der Waals surface area contributed by atoms with Gasteiger partial charge in [0.2, 0.25) is 0 Å². The highest BCUT2D eigenvalue weighted by molar-refractivity contribution is 5.94. The van der Waals surface area contributed by atoms with E-state index in [0.717, 1.165) is 7.11 Å². The lowest BCUT2D eigenvalue weighted by atomic mass is 10.1. The van der Waals surface area contributed by atoms with E-state index in [2.05, 4.69) is 42.0 Å². The Balaban J connectivity index is 6.17. The lowest BCUT2D eigenvalue weighted by Gasteiger charge is -2.29. The Morgan fingerprint density at radius 3 is 1.57 bits per heavy atom. The fourth-order valence-corrected chi connectivity index (χ4v) is 3.02. The van der Waals surface area contributed by atoms with Gasteiger partial charge < -0.3 is 50.7 Å². The maximum atomic E-state index is 13.2. The highest BCUT2D eigenvalue weighted by atomic mass is 16.5. The number of esters is 1. The van der Waals surface area contributed by atoms with Gasteiger partial charge in [-0.1, -0.05) is 0 Å². The standard InChI is InChI=1S/C23H38N8O11/c1-11(7-32)25-16(24)20(38)29-17(26-12(2)8-33)21(39)30-18(28-14(10-35)5-6-15(36)37)22(40)31-19(23(41)42-4)27-13(3)9-34/h7-14,16-19,25-28H,5-6,24H2,1-4H3,(H,29,38)(H,30,39)(H,31,40)(H,36,37)/t11-,12-,13-,14+,16-,17-,18+,19-/m0/s1. The van der Waals surface area contributed by atoms with E-state index in [1.807, 2.05) is 0 Å². The molecule has 0 aromatic carbocycles. The van der Waals surface area contributed by atoms with Crippen molar-refractivity contribution in [2.24, 2.45) is 5.73 Å². The number of hydrogen-bond acceptors (Lipinski definition) is 15. The molecule has 0 saturated heterocycles. The van der Waals surface area contributed by atoms with Crippen LogP contribution in [0, 0.1) is 0 Å². The maximum absolute atomic E-state index is 13.2. The molecule has 0 aromatic heterocycles. The Bertz CT molecular complexity index is 982. The summed E-state index contributed by atoms with van der Waals surface area (Å²) in [5.41, 5.74) is 5.69. The predicted octanol–water partition coefficient (Wildman–Crippen LogP) is -5.68. The molecule has 0 spiro atoms. The number of nitrogens with two attached hydrogens (primary N) is 1. The quantitative estimate of drug-likeness (QED) is 0.0317. The van der Waals surface area contributed by atoms with Gasteiger partial charge in [0.1, 0.15) is 31.3 Å². The van der Waals surface area contributed by atoms with Gasteiger partial charge in [-0.25, -0.2) is 4.79 Å². The van der Waals surface area contributed by atoms with Gasteiger partial charge in [0, 0.05) is 6.42 Å². The second-order valence-electron chi connectivity index (χ2n) is 8.94. The van der Waals surface area contributed by atoms with Crippen LogP contribution < -0.4 is 43.0 Å². The molecule has 0 aliphatic heterocycles. The number of carboxylic acid groups (broad SMARTS) is 1. The zero-order valence-corrected chi connectivity index (χ0v) is 23.4. The van der Waals surface area contributed by atoms with Crippen molar-refractivity contribution in [1.29, 1.82) is 0 Å². The molecule has 236 valence electrons. The molecule has 0 fully saturated rings. The average molecular weight is 603 g/mol. The molecule has 0 heterocycles. The number of hydrogen-bond donors (Lipinski definition) is 9. The Kier molecular flexibility index (Phi) is 17.9. The van der Waals surface area contributed by atoms with Crippen molar-refractivity contribution in [2.75, 3.05) is 7.11 Å². The van der Waals surface area contributed by atoms with Crippen LogP contribution in [0.25, 0.3) is 0 Å². The van der Waals surface area contributed by atoms with E-state index in [1.54, 1.807) is 0 Å². The molecule has 0 saturated carbocycles. The van der Waals surface area contributed by atoms with Gasteiger partial charge in [0.15, 0.2) is 18.5 Å². The zero-order valence-electron chi connectivity index (χ0n) is 23.4. The number of rotatable bonds is 22. The van der Waals surface area contributed by atoms with Crippen LogP contribution >= 0.6 is 0 Å². The Hall–Kier alpha value is -4.17. The first-order chi connectivity index (χ1) is 19.7. The number of carboxylic acids is 1. The first kappa shape index (κ1) is 37.8. The van der Waals surface area contributed by atoms with Crippen LogP contribution in [-0.4, -0.2) is 116 Å². The van der Waals surface area contributed by atoms with E-state index < -0.39 is 84.9 Å². The van der Waals surface area contributed by atoms with Crippen LogP contribution in [0.15, 0.2) is 0 Å². The normalized spacial score (nSPS) is 16.5. The molecule has 0 aromatic rings. The number of carbonyl (C=O) groups is 9. The molecule has 0 bridgehead atoms. The summed E-state index contributed by atoms with van der Waals surface area (Å²) >= 11 is 0. The molecule has 0 radical (unpaired) electrons. The molecule has 10 N–H and O–H groups in total. The van der Waals surface area contributed by atoms with E-state index >= 15 is 0 Å². The lowest BCUT2D eigenvalue weighted by molar-refractivity contribution is -0.147. The van der Waals surface area contributed by atoms with Gasteiger partial charge in [0.05, 0.1) is 31.3 Å². The molecule has 19 heteroatoms. The fraction of sp³-hybridized carbons (Fsp3) is 0.609. The minimum Gasteiger partial charge on any atom is -0.481 e. The van der Waals surface area contributed by atoms with Gasteiger partial charge in [0.25, 0.3) is 17.7 Å². The number of methoxy groups -OCH3 is 1. The average Bonchev–Trinajstić information content (AvgIpc) is 2.96. The first-order valence-electron chi connectivity index (χ1n) is 12.5. The molecule has 42 heavy (non-hydrogen) atoms. The molecule has 3 amide bonds.